The van der Waals surface area contributed by atoms with Gasteiger partial charge in [0.15, 0.2) is 16.6 Å². The van der Waals surface area contributed by atoms with Gasteiger partial charge in [0.1, 0.15) is 10.9 Å². The normalized spacial score (nSPS) is 11.6. The number of amides is 3. The number of anilines is 2. The molecule has 6 rings (SSSR count). The highest BCUT2D eigenvalue weighted by molar-refractivity contribution is 8.00. The SMILES string of the molecule is COc1cccc(/C=C(/NC(=O)c2ccccc2)C(=O)Nc2cccc(SC(C(=O)Nc3nc(-c4ccc(C)cc4)cs3)c3ccccc3)c2)c1OC. The number of thioether (sulfide) groups is 1. The van der Waals surface area contributed by atoms with Gasteiger partial charge in [-0.2, -0.15) is 0 Å². The van der Waals surface area contributed by atoms with Gasteiger partial charge in [-0.05, 0) is 55.0 Å². The number of aryl methyl sites for hydroxylation is 1. The number of rotatable bonds is 13. The van der Waals surface area contributed by atoms with Crippen molar-refractivity contribution in [3.8, 4) is 22.8 Å². The zero-order valence-electron chi connectivity index (χ0n) is 29.2. The highest BCUT2D eigenvalue weighted by atomic mass is 32.2. The van der Waals surface area contributed by atoms with Crippen LogP contribution < -0.4 is 25.4 Å². The minimum atomic E-state index is -0.630. The van der Waals surface area contributed by atoms with Crippen LogP contribution in [0.25, 0.3) is 17.3 Å². The maximum Gasteiger partial charge on any atom is 0.272 e. The molecule has 9 nitrogen and oxygen atoms in total. The summed E-state index contributed by atoms with van der Waals surface area (Å²) in [5.74, 6) is -0.380. The smallest absolute Gasteiger partial charge is 0.272 e. The molecule has 0 fully saturated rings. The fourth-order valence-corrected chi connectivity index (χ4v) is 7.17. The molecule has 1 unspecified atom stereocenters. The van der Waals surface area contributed by atoms with Crippen molar-refractivity contribution in [3.63, 3.8) is 0 Å². The Kier molecular flexibility index (Phi) is 12.0. The van der Waals surface area contributed by atoms with E-state index in [4.69, 9.17) is 9.47 Å². The first-order valence-corrected chi connectivity index (χ1v) is 18.3. The highest BCUT2D eigenvalue weighted by Crippen LogP contribution is 2.38. The first-order chi connectivity index (χ1) is 25.8. The molecule has 1 aromatic heterocycles. The zero-order chi connectivity index (χ0) is 37.2. The Labute approximate surface area is 316 Å². The van der Waals surface area contributed by atoms with Gasteiger partial charge in [0.05, 0.1) is 19.9 Å². The molecule has 0 spiro atoms. The molecule has 266 valence electrons. The molecule has 11 heteroatoms. The molecule has 5 aromatic carbocycles. The molecule has 3 N–H and O–H groups in total. The number of carbonyl (C=O) groups excluding carboxylic acids is 3. The van der Waals surface area contributed by atoms with E-state index in [-0.39, 0.29) is 11.6 Å². The summed E-state index contributed by atoms with van der Waals surface area (Å²) in [7, 11) is 3.03. The van der Waals surface area contributed by atoms with Crippen molar-refractivity contribution >= 4 is 57.7 Å². The Bertz CT molecular complexity index is 2240. The van der Waals surface area contributed by atoms with Gasteiger partial charge in [0.25, 0.3) is 11.8 Å². The van der Waals surface area contributed by atoms with Crippen LogP contribution in [0, 0.1) is 6.92 Å². The number of aromatic nitrogens is 1. The standard InChI is InChI=1S/C42H36N4O5S2/c1-27-20-22-28(23-21-27)35-26-52-42(45-35)46-41(49)38(29-12-6-4-7-13-29)53-33-18-11-17-32(25-33)43-40(48)34(44-39(47)30-14-8-5-9-15-30)24-31-16-10-19-36(50-2)37(31)51-3/h4-26,38H,1-3H3,(H,43,48)(H,44,47)(H,45,46,49)/b34-24+. The Balaban J connectivity index is 1.24. The molecular weight excluding hydrogens is 705 g/mol. The summed E-state index contributed by atoms with van der Waals surface area (Å²) in [5, 5.41) is 10.5. The number of hydrogen-bond acceptors (Lipinski definition) is 8. The number of thiazole rings is 1. The first-order valence-electron chi connectivity index (χ1n) is 16.6. The van der Waals surface area contributed by atoms with Crippen LogP contribution >= 0.6 is 23.1 Å². The molecule has 0 saturated carbocycles. The molecular formula is C42H36N4O5S2. The minimum absolute atomic E-state index is 0.0153. The summed E-state index contributed by atoms with van der Waals surface area (Å²) < 4.78 is 11.0. The average Bonchev–Trinajstić information content (AvgIpc) is 3.65. The number of hydrogen-bond donors (Lipinski definition) is 3. The quantitative estimate of drug-likeness (QED) is 0.0799. The van der Waals surface area contributed by atoms with Crippen molar-refractivity contribution in [3.05, 3.63) is 161 Å². The van der Waals surface area contributed by atoms with Crippen molar-refractivity contribution in [2.24, 2.45) is 0 Å². The Morgan fingerprint density at radius 2 is 1.51 bits per heavy atom. The summed E-state index contributed by atoms with van der Waals surface area (Å²) in [6, 6.07) is 38.6. The monoisotopic (exact) mass is 740 g/mol. The average molecular weight is 741 g/mol. The van der Waals surface area contributed by atoms with Gasteiger partial charge in [-0.15, -0.1) is 23.1 Å². The van der Waals surface area contributed by atoms with Crippen LogP contribution in [0.1, 0.15) is 32.3 Å². The van der Waals surface area contributed by atoms with Crippen LogP contribution in [-0.2, 0) is 9.59 Å². The van der Waals surface area contributed by atoms with Gasteiger partial charge in [-0.1, -0.05) is 96.6 Å². The fourth-order valence-electron chi connectivity index (χ4n) is 5.37. The minimum Gasteiger partial charge on any atom is -0.493 e. The van der Waals surface area contributed by atoms with Crippen LogP contribution in [0.15, 0.2) is 143 Å². The van der Waals surface area contributed by atoms with Gasteiger partial charge in [-0.3, -0.25) is 14.4 Å². The number of methoxy groups -OCH3 is 2. The van der Waals surface area contributed by atoms with Gasteiger partial charge in [-0.25, -0.2) is 4.98 Å². The summed E-state index contributed by atoms with van der Waals surface area (Å²) in [6.45, 7) is 2.03. The van der Waals surface area contributed by atoms with Crippen LogP contribution in [0.3, 0.4) is 0 Å². The maximum absolute atomic E-state index is 13.9. The van der Waals surface area contributed by atoms with Crippen LogP contribution in [0.4, 0.5) is 10.8 Å². The molecule has 0 radical (unpaired) electrons. The lowest BCUT2D eigenvalue weighted by molar-refractivity contribution is -0.116. The van der Waals surface area contributed by atoms with E-state index in [2.05, 4.69) is 20.9 Å². The molecule has 0 saturated heterocycles. The van der Waals surface area contributed by atoms with E-state index in [1.165, 1.54) is 43.4 Å². The lowest BCUT2D eigenvalue weighted by atomic mass is 10.1. The number of carbonyl (C=O) groups is 3. The molecule has 1 atom stereocenters. The van der Waals surface area contributed by atoms with Crippen molar-refractivity contribution in [1.82, 2.24) is 10.3 Å². The van der Waals surface area contributed by atoms with Crippen molar-refractivity contribution < 1.29 is 23.9 Å². The third-order valence-electron chi connectivity index (χ3n) is 8.03. The van der Waals surface area contributed by atoms with E-state index in [9.17, 15) is 14.4 Å². The second-order valence-corrected chi connectivity index (χ2v) is 13.8. The van der Waals surface area contributed by atoms with Crippen molar-refractivity contribution in [1.29, 1.82) is 0 Å². The summed E-state index contributed by atoms with van der Waals surface area (Å²) in [4.78, 5) is 46.4. The van der Waals surface area contributed by atoms with Crippen molar-refractivity contribution in [2.45, 2.75) is 17.1 Å². The number of ether oxygens (including phenoxy) is 2. The van der Waals surface area contributed by atoms with E-state index < -0.39 is 17.1 Å². The summed E-state index contributed by atoms with van der Waals surface area (Å²) >= 11 is 2.71. The molecule has 0 aliphatic rings. The molecule has 0 aliphatic heterocycles. The second-order valence-electron chi connectivity index (χ2n) is 11.7. The van der Waals surface area contributed by atoms with Gasteiger partial charge in [0.2, 0.25) is 5.91 Å². The van der Waals surface area contributed by atoms with E-state index in [1.54, 1.807) is 66.7 Å². The lowest BCUT2D eigenvalue weighted by Crippen LogP contribution is -2.30. The first kappa shape index (κ1) is 36.6. The second kappa shape index (κ2) is 17.4. The van der Waals surface area contributed by atoms with Gasteiger partial charge >= 0.3 is 0 Å². The third kappa shape index (κ3) is 9.39. The van der Waals surface area contributed by atoms with Crippen LogP contribution in [0.5, 0.6) is 11.5 Å². The van der Waals surface area contributed by atoms with Crippen LogP contribution in [-0.4, -0.2) is 36.9 Å². The molecule has 1 heterocycles. The van der Waals surface area contributed by atoms with Crippen LogP contribution in [0.2, 0.25) is 0 Å². The predicted molar refractivity (Wildman–Crippen MR) is 212 cm³/mol. The predicted octanol–water partition coefficient (Wildman–Crippen LogP) is 9.02. The number of nitrogens with one attached hydrogen (secondary N) is 3. The van der Waals surface area contributed by atoms with E-state index >= 15 is 0 Å². The third-order valence-corrected chi connectivity index (χ3v) is 10.0. The summed E-state index contributed by atoms with van der Waals surface area (Å²) in [6.07, 6.45) is 1.54. The van der Waals surface area contributed by atoms with E-state index in [1.807, 2.05) is 73.0 Å². The molecule has 3 amide bonds. The number of benzene rings is 5. The van der Waals surface area contributed by atoms with E-state index in [0.717, 1.165) is 27.3 Å². The maximum atomic E-state index is 13.9. The number of para-hydroxylation sites is 1. The Morgan fingerprint density at radius 3 is 2.23 bits per heavy atom. The van der Waals surface area contributed by atoms with E-state index in [0.29, 0.717) is 33.4 Å². The largest absolute Gasteiger partial charge is 0.493 e. The molecule has 6 aromatic rings. The molecule has 0 bridgehead atoms. The van der Waals surface area contributed by atoms with Gasteiger partial charge < -0.3 is 25.4 Å². The molecule has 0 aliphatic carbocycles. The Morgan fingerprint density at radius 1 is 0.792 bits per heavy atom. The fraction of sp³-hybridized carbons (Fsp3) is 0.0952. The Hall–Kier alpha value is -6.17. The highest BCUT2D eigenvalue weighted by Gasteiger charge is 2.24. The van der Waals surface area contributed by atoms with Gasteiger partial charge in [0, 0.05) is 32.7 Å². The number of nitrogens with zero attached hydrogens (tertiary/aromatic N) is 1. The van der Waals surface area contributed by atoms with Crippen molar-refractivity contribution in [2.75, 3.05) is 24.9 Å². The molecule has 53 heavy (non-hydrogen) atoms. The lowest BCUT2D eigenvalue weighted by Gasteiger charge is -2.17. The topological polar surface area (TPSA) is 119 Å². The summed E-state index contributed by atoms with van der Waals surface area (Å²) in [5.41, 5.74) is 5.08. The zero-order valence-corrected chi connectivity index (χ0v) is 30.8.